The second-order valence-corrected chi connectivity index (χ2v) is 14.5. The molecule has 0 unspecified atom stereocenters. The fraction of sp³-hybridized carbons (Fsp3) is 0. The van der Waals surface area contributed by atoms with Crippen LogP contribution in [0.1, 0.15) is 22.3 Å². The van der Waals surface area contributed by atoms with Gasteiger partial charge in [-0.15, -0.1) is 0 Å². The first-order valence-electron chi connectivity index (χ1n) is 14.6. The van der Waals surface area contributed by atoms with Gasteiger partial charge in [0.1, 0.15) is 40.4 Å². The van der Waals surface area contributed by atoms with E-state index in [1.54, 1.807) is 0 Å². The van der Waals surface area contributed by atoms with E-state index in [4.69, 9.17) is 10.0 Å². The largest absolute Gasteiger partial charge is 0.721 e. The summed E-state index contributed by atoms with van der Waals surface area (Å²) in [6.07, 6.45) is 1.27. The van der Waals surface area contributed by atoms with Gasteiger partial charge in [0.15, 0.2) is 40.8 Å². The first-order chi connectivity index (χ1) is 24.0. The Bertz CT molecular complexity index is 2750. The number of rotatable bonds is 0. The molecule has 0 atom stereocenters. The van der Waals surface area contributed by atoms with Crippen molar-refractivity contribution >= 4 is 86.2 Å². The van der Waals surface area contributed by atoms with Gasteiger partial charge in [-0.05, 0) is 54.6 Å². The normalized spacial score (nSPS) is 15.3. The molecule has 0 spiro atoms. The fourth-order valence-corrected chi connectivity index (χ4v) is 9.86. The zero-order valence-corrected chi connectivity index (χ0v) is 26.2. The molecule has 242 valence electrons. The van der Waals surface area contributed by atoms with E-state index in [2.05, 4.69) is 25.0 Å². The van der Waals surface area contributed by atoms with Crippen LogP contribution in [0.5, 0.6) is 0 Å². The van der Waals surface area contributed by atoms with Crippen LogP contribution in [0.2, 0.25) is 0 Å². The minimum atomic E-state index is -3.63. The van der Waals surface area contributed by atoms with Gasteiger partial charge >= 0.3 is 13.7 Å². The molecule has 4 aromatic carbocycles. The monoisotopic (exact) mass is 717 g/mol. The first kappa shape index (κ1) is 29.5. The van der Waals surface area contributed by atoms with Crippen LogP contribution >= 0.6 is 10.0 Å². The van der Waals surface area contributed by atoms with Crippen LogP contribution in [0, 0.1) is 46.5 Å². The summed E-state index contributed by atoms with van der Waals surface area (Å²) in [6.45, 7) is 0. The fourth-order valence-electron chi connectivity index (χ4n) is 6.84. The number of aliphatic imine (C=N–C) groups is 4. The molecule has 7 nitrogen and oxygen atoms in total. The highest BCUT2D eigenvalue weighted by atomic mass is 35.6. The van der Waals surface area contributed by atoms with Crippen molar-refractivity contribution in [3.8, 4) is 0 Å². The molecule has 0 saturated carbocycles. The summed E-state index contributed by atoms with van der Waals surface area (Å²) >= 11 is -3.63. The minimum Gasteiger partial charge on any atom is -0.385 e. The Morgan fingerprint density at radius 2 is 0.900 bits per heavy atom. The second kappa shape index (κ2) is 9.84. The number of fused-ring (bicyclic) bond motifs is 14. The number of halogens is 9. The molecule has 6 aromatic rings. The molecule has 10 rings (SSSR count). The van der Waals surface area contributed by atoms with Crippen LogP contribution in [-0.2, 0) is 0 Å². The number of amidine groups is 3. The molecule has 2 aromatic heterocycles. The molecule has 50 heavy (non-hydrogen) atoms. The number of benzene rings is 4. The summed E-state index contributed by atoms with van der Waals surface area (Å²) in [5.74, 6) is -10.6. The van der Waals surface area contributed by atoms with E-state index in [1.165, 1.54) is 13.2 Å². The summed E-state index contributed by atoms with van der Waals surface area (Å²) in [5.41, 5.74) is -1.90. The third-order valence-electron chi connectivity index (χ3n) is 8.97. The molecule has 4 aliphatic heterocycles. The lowest BCUT2D eigenvalue weighted by molar-refractivity contribution is 0.511. The van der Waals surface area contributed by atoms with Crippen molar-refractivity contribution in [2.45, 2.75) is 0 Å². The Labute approximate surface area is 280 Å². The molecule has 0 aliphatic carbocycles. The van der Waals surface area contributed by atoms with Crippen molar-refractivity contribution in [3.05, 3.63) is 128 Å². The van der Waals surface area contributed by atoms with Crippen molar-refractivity contribution in [1.82, 2.24) is 7.10 Å². The quantitative estimate of drug-likeness (QED) is 0.128. The zero-order valence-electron chi connectivity index (χ0n) is 24.3. The van der Waals surface area contributed by atoms with Gasteiger partial charge in [-0.2, -0.15) is 10.0 Å². The van der Waals surface area contributed by atoms with Crippen LogP contribution < -0.4 is 10.8 Å². The number of aromatic nitrogens is 2. The minimum absolute atomic E-state index is 0.0174. The number of hydrogen-bond donors (Lipinski definition) is 0. The van der Waals surface area contributed by atoms with Crippen molar-refractivity contribution in [2.75, 3.05) is 0 Å². The van der Waals surface area contributed by atoms with Crippen molar-refractivity contribution in [1.29, 1.82) is 0 Å². The molecular weight excluding hydrogens is 709 g/mol. The molecule has 0 fully saturated rings. The molecule has 6 heterocycles. The molecular formula is C33H9AlClF8N7. The molecule has 17 heteroatoms. The van der Waals surface area contributed by atoms with Gasteiger partial charge in [-0.1, -0.05) is 0 Å². The maximum Gasteiger partial charge on any atom is 0.721 e. The van der Waals surface area contributed by atoms with Gasteiger partial charge in [0.05, 0.1) is 28.0 Å². The maximum atomic E-state index is 15.5. The highest BCUT2D eigenvalue weighted by Crippen LogP contribution is 2.43. The number of hydrogen-bond acceptors (Lipinski definition) is 5. The Balaban J connectivity index is 1.52. The lowest BCUT2D eigenvalue weighted by atomic mass is 10.0. The van der Waals surface area contributed by atoms with Crippen LogP contribution in [0.4, 0.5) is 46.8 Å². The topological polar surface area (TPSA) is 71.7 Å². The third-order valence-corrected chi connectivity index (χ3v) is 12.0. The van der Waals surface area contributed by atoms with E-state index in [9.17, 15) is 13.2 Å². The van der Waals surface area contributed by atoms with E-state index in [-0.39, 0.29) is 66.7 Å². The van der Waals surface area contributed by atoms with E-state index >= 15 is 22.0 Å². The Morgan fingerprint density at radius 3 is 1.46 bits per heavy atom. The molecule has 0 saturated heterocycles. The van der Waals surface area contributed by atoms with Crippen molar-refractivity contribution in [3.63, 3.8) is 0 Å². The molecule has 4 aliphatic rings. The van der Waals surface area contributed by atoms with Gasteiger partial charge in [0.2, 0.25) is 0 Å². The lowest BCUT2D eigenvalue weighted by Gasteiger charge is -2.15. The van der Waals surface area contributed by atoms with E-state index in [1.807, 2.05) is 0 Å². The highest BCUT2D eigenvalue weighted by Gasteiger charge is 2.40. The predicted octanol–water partition coefficient (Wildman–Crippen LogP) is 6.48. The first-order valence-corrected chi connectivity index (χ1v) is 17.4. The Kier molecular flexibility index (Phi) is 5.80. The van der Waals surface area contributed by atoms with Crippen LogP contribution in [-0.4, -0.2) is 44.0 Å². The van der Waals surface area contributed by atoms with Crippen LogP contribution in [0.3, 0.4) is 0 Å². The van der Waals surface area contributed by atoms with Gasteiger partial charge in [-0.25, -0.2) is 60.1 Å². The smallest absolute Gasteiger partial charge is 0.385 e. The highest BCUT2D eigenvalue weighted by molar-refractivity contribution is 7.05. The molecule has 0 N–H and O–H groups in total. The molecule has 0 radical (unpaired) electrons. The SMILES string of the molecule is Fc1cc2c3[n]4c(c2cc1F)N=C1N=C(N=c2c5cc(F)c(F)cc5c([n]2[Al]4[Cl])=CC2=NC(=N3)c3c(F)ccc(F)c32)c2c(F)ccc(F)c21. The van der Waals surface area contributed by atoms with Crippen molar-refractivity contribution < 1.29 is 35.1 Å². The zero-order chi connectivity index (χ0) is 34.5. The summed E-state index contributed by atoms with van der Waals surface area (Å²) in [5, 5.41) is -0.345. The lowest BCUT2D eigenvalue weighted by Crippen LogP contribution is -2.43. The summed E-state index contributed by atoms with van der Waals surface area (Å²) in [4.78, 5) is 22.3. The van der Waals surface area contributed by atoms with Crippen LogP contribution in [0.15, 0.2) is 73.5 Å². The molecule has 0 amide bonds. The average molecular weight is 718 g/mol. The average Bonchev–Trinajstić information content (AvgIpc) is 3.78. The van der Waals surface area contributed by atoms with E-state index in [0.717, 1.165) is 48.5 Å². The van der Waals surface area contributed by atoms with Gasteiger partial charge < -0.3 is 7.10 Å². The van der Waals surface area contributed by atoms with Crippen molar-refractivity contribution in [2.24, 2.45) is 25.0 Å². The van der Waals surface area contributed by atoms with Gasteiger partial charge in [0.25, 0.3) is 0 Å². The number of nitrogens with zero attached hydrogens (tertiary/aromatic N) is 7. The maximum absolute atomic E-state index is 15.5. The second-order valence-electron chi connectivity index (χ2n) is 11.6. The Hall–Kier alpha value is -5.43. The predicted molar refractivity (Wildman–Crippen MR) is 170 cm³/mol. The van der Waals surface area contributed by atoms with E-state index < -0.39 is 83.0 Å². The Morgan fingerprint density at radius 1 is 0.460 bits per heavy atom. The van der Waals surface area contributed by atoms with Gasteiger partial charge in [-0.3, -0.25) is 0 Å². The molecule has 6 bridgehead atoms. The summed E-state index contributed by atoms with van der Waals surface area (Å²) < 4.78 is 125. The summed E-state index contributed by atoms with van der Waals surface area (Å²) in [6, 6.07) is 6.68. The summed E-state index contributed by atoms with van der Waals surface area (Å²) in [7, 11) is 7.41. The third kappa shape index (κ3) is 3.72. The van der Waals surface area contributed by atoms with E-state index in [0.29, 0.717) is 0 Å². The van der Waals surface area contributed by atoms with Gasteiger partial charge in [0, 0.05) is 26.9 Å². The standard InChI is InChI=1S/C33H9F8N7.Al.ClH/c34-14-1-2-15(35)25-24(14)23-9-22-10-5-18(38)19(39)6-11(10)28(42-22)45-32-26-16(36)3-4-17(37)27(26)33(48-32)47-30-13-8-21(41)20(40)7-12(13)29(44-30)46-31(25)43-23;;/h1-9H;;1H/q-2;+3;/p-1. The van der Waals surface area contributed by atoms with Crippen LogP contribution in [0.25, 0.3) is 27.6 Å².